The molecule has 7 heteroatoms. The van der Waals surface area contributed by atoms with E-state index >= 15 is 0 Å². The number of halogens is 1. The summed E-state index contributed by atoms with van der Waals surface area (Å²) in [5.74, 6) is -0.608. The van der Waals surface area contributed by atoms with Crippen molar-refractivity contribution in [2.45, 2.75) is 6.42 Å². The van der Waals surface area contributed by atoms with E-state index in [9.17, 15) is 13.2 Å². The predicted octanol–water partition coefficient (Wildman–Crippen LogP) is 1.30. The number of anilines is 2. The molecule has 1 aromatic rings. The smallest absolute Gasteiger partial charge is 0.225 e. The van der Waals surface area contributed by atoms with E-state index in [1.54, 1.807) is 12.1 Å². The molecule has 0 saturated carbocycles. The summed E-state index contributed by atoms with van der Waals surface area (Å²) >= 11 is 5.75. The number of carbonyl (C=O) groups is 1. The van der Waals surface area contributed by atoms with Crippen LogP contribution in [-0.2, 0) is 14.6 Å². The van der Waals surface area contributed by atoms with Crippen LogP contribution in [0.4, 0.5) is 11.4 Å². The molecule has 0 aliphatic rings. The number of nitrogen functional groups attached to an aromatic ring is 1. The minimum atomic E-state index is -3.15. The summed E-state index contributed by atoms with van der Waals surface area (Å²) in [6, 6.07) is 4.67. The standard InChI is InChI=1S/C10H13ClN2O3S/c1-17(15,16)5-4-10(14)13-9-6-7(11)2-3-8(9)12/h2-3,6H,4-5,12H2,1H3,(H,13,14). The number of nitrogens with two attached hydrogens (primary N) is 1. The van der Waals surface area contributed by atoms with Gasteiger partial charge in [-0.25, -0.2) is 8.42 Å². The average Bonchev–Trinajstić information content (AvgIpc) is 2.20. The minimum Gasteiger partial charge on any atom is -0.397 e. The molecule has 94 valence electrons. The molecule has 0 spiro atoms. The first-order valence-corrected chi connectivity index (χ1v) is 7.24. The monoisotopic (exact) mass is 276 g/mol. The summed E-state index contributed by atoms with van der Waals surface area (Å²) in [6.45, 7) is 0. The zero-order chi connectivity index (χ0) is 13.1. The van der Waals surface area contributed by atoms with E-state index in [-0.39, 0.29) is 12.2 Å². The van der Waals surface area contributed by atoms with E-state index in [0.717, 1.165) is 6.26 Å². The molecular formula is C10H13ClN2O3S. The van der Waals surface area contributed by atoms with Crippen LogP contribution in [0.5, 0.6) is 0 Å². The Morgan fingerprint density at radius 3 is 2.71 bits per heavy atom. The van der Waals surface area contributed by atoms with E-state index in [1.807, 2.05) is 0 Å². The van der Waals surface area contributed by atoms with Gasteiger partial charge >= 0.3 is 0 Å². The van der Waals surface area contributed by atoms with Gasteiger partial charge in [-0.05, 0) is 18.2 Å². The van der Waals surface area contributed by atoms with Gasteiger partial charge in [0.15, 0.2) is 0 Å². The highest BCUT2D eigenvalue weighted by atomic mass is 35.5. The molecule has 0 radical (unpaired) electrons. The molecule has 1 amide bonds. The Morgan fingerprint density at radius 1 is 1.47 bits per heavy atom. The number of benzene rings is 1. The summed E-state index contributed by atoms with van der Waals surface area (Å²) in [5, 5.41) is 2.95. The van der Waals surface area contributed by atoms with Crippen molar-refractivity contribution in [3.05, 3.63) is 23.2 Å². The summed E-state index contributed by atoms with van der Waals surface area (Å²) in [5.41, 5.74) is 6.39. The van der Waals surface area contributed by atoms with Gasteiger partial charge in [-0.2, -0.15) is 0 Å². The third-order valence-electron chi connectivity index (χ3n) is 1.99. The topological polar surface area (TPSA) is 89.3 Å². The van der Waals surface area contributed by atoms with Crippen LogP contribution in [0.3, 0.4) is 0 Å². The van der Waals surface area contributed by atoms with Crippen LogP contribution in [0.15, 0.2) is 18.2 Å². The molecule has 3 N–H and O–H groups in total. The quantitative estimate of drug-likeness (QED) is 0.811. The number of carbonyl (C=O) groups excluding carboxylic acids is 1. The predicted molar refractivity (Wildman–Crippen MR) is 68.8 cm³/mol. The SMILES string of the molecule is CS(=O)(=O)CCC(=O)Nc1cc(Cl)ccc1N. The fourth-order valence-electron chi connectivity index (χ4n) is 1.13. The van der Waals surface area contributed by atoms with Crippen LogP contribution >= 0.6 is 11.6 Å². The molecule has 0 saturated heterocycles. The fourth-order valence-corrected chi connectivity index (χ4v) is 1.86. The molecule has 0 atom stereocenters. The second-order valence-electron chi connectivity index (χ2n) is 3.66. The number of amides is 1. The van der Waals surface area contributed by atoms with E-state index in [2.05, 4.69) is 5.32 Å². The van der Waals surface area contributed by atoms with Crippen molar-refractivity contribution in [2.75, 3.05) is 23.1 Å². The number of hydrogen-bond acceptors (Lipinski definition) is 4. The first kappa shape index (κ1) is 13.8. The lowest BCUT2D eigenvalue weighted by molar-refractivity contribution is -0.115. The third-order valence-corrected chi connectivity index (χ3v) is 3.17. The highest BCUT2D eigenvalue weighted by Gasteiger charge is 2.09. The van der Waals surface area contributed by atoms with Crippen molar-refractivity contribution in [1.29, 1.82) is 0 Å². The number of nitrogens with one attached hydrogen (secondary N) is 1. The first-order chi connectivity index (χ1) is 7.78. The summed E-state index contributed by atoms with van der Waals surface area (Å²) < 4.78 is 21.8. The molecule has 1 aromatic carbocycles. The van der Waals surface area contributed by atoms with E-state index in [4.69, 9.17) is 17.3 Å². The molecule has 0 heterocycles. The Bertz CT molecular complexity index is 528. The molecule has 0 aliphatic carbocycles. The van der Waals surface area contributed by atoms with Gasteiger partial charge in [0.25, 0.3) is 0 Å². The van der Waals surface area contributed by atoms with Crippen LogP contribution in [-0.4, -0.2) is 26.3 Å². The summed E-state index contributed by atoms with van der Waals surface area (Å²) in [7, 11) is -3.15. The zero-order valence-corrected chi connectivity index (χ0v) is 10.8. The lowest BCUT2D eigenvalue weighted by Gasteiger charge is -2.08. The van der Waals surface area contributed by atoms with Gasteiger partial charge in [-0.3, -0.25) is 4.79 Å². The fraction of sp³-hybridized carbons (Fsp3) is 0.300. The Balaban J connectivity index is 2.65. The van der Waals surface area contributed by atoms with Crippen LogP contribution in [0.1, 0.15) is 6.42 Å². The van der Waals surface area contributed by atoms with Crippen LogP contribution in [0, 0.1) is 0 Å². The Kier molecular flexibility index (Phi) is 4.36. The maximum Gasteiger partial charge on any atom is 0.225 e. The molecule has 0 bridgehead atoms. The van der Waals surface area contributed by atoms with Gasteiger partial charge in [-0.1, -0.05) is 11.6 Å². The second kappa shape index (κ2) is 5.37. The molecule has 1 rings (SSSR count). The maximum atomic E-state index is 11.4. The third kappa shape index (κ3) is 5.06. The Morgan fingerprint density at radius 2 is 2.12 bits per heavy atom. The van der Waals surface area contributed by atoms with E-state index in [0.29, 0.717) is 16.4 Å². The molecular weight excluding hydrogens is 264 g/mol. The van der Waals surface area contributed by atoms with E-state index < -0.39 is 15.7 Å². The normalized spacial score (nSPS) is 11.2. The van der Waals surface area contributed by atoms with Gasteiger partial charge in [-0.15, -0.1) is 0 Å². The zero-order valence-electron chi connectivity index (χ0n) is 9.23. The van der Waals surface area contributed by atoms with Gasteiger partial charge in [0.05, 0.1) is 17.1 Å². The van der Waals surface area contributed by atoms with Crippen LogP contribution < -0.4 is 11.1 Å². The molecule has 0 unspecified atom stereocenters. The van der Waals surface area contributed by atoms with Gasteiger partial charge < -0.3 is 11.1 Å². The van der Waals surface area contributed by atoms with Crippen LogP contribution in [0.2, 0.25) is 5.02 Å². The summed E-state index contributed by atoms with van der Waals surface area (Å²) in [6.07, 6.45) is 0.971. The number of rotatable bonds is 4. The van der Waals surface area contributed by atoms with Crippen molar-refractivity contribution in [1.82, 2.24) is 0 Å². The summed E-state index contributed by atoms with van der Waals surface area (Å²) in [4.78, 5) is 11.4. The molecule has 5 nitrogen and oxygen atoms in total. The highest BCUT2D eigenvalue weighted by molar-refractivity contribution is 7.90. The van der Waals surface area contributed by atoms with Gasteiger partial charge in [0.2, 0.25) is 5.91 Å². The second-order valence-corrected chi connectivity index (χ2v) is 6.36. The average molecular weight is 277 g/mol. The van der Waals surface area contributed by atoms with E-state index in [1.165, 1.54) is 6.07 Å². The number of hydrogen-bond donors (Lipinski definition) is 2. The number of sulfone groups is 1. The first-order valence-electron chi connectivity index (χ1n) is 4.80. The maximum absolute atomic E-state index is 11.4. The Labute approximate surface area is 105 Å². The van der Waals surface area contributed by atoms with Crippen molar-refractivity contribution in [3.63, 3.8) is 0 Å². The van der Waals surface area contributed by atoms with Crippen LogP contribution in [0.25, 0.3) is 0 Å². The lowest BCUT2D eigenvalue weighted by Crippen LogP contribution is -2.17. The largest absolute Gasteiger partial charge is 0.397 e. The van der Waals surface area contributed by atoms with Crippen molar-refractivity contribution >= 4 is 38.7 Å². The highest BCUT2D eigenvalue weighted by Crippen LogP contribution is 2.22. The molecule has 0 aromatic heterocycles. The van der Waals surface area contributed by atoms with Gasteiger partial charge in [0.1, 0.15) is 9.84 Å². The lowest BCUT2D eigenvalue weighted by atomic mass is 10.2. The van der Waals surface area contributed by atoms with Gasteiger partial charge in [0, 0.05) is 17.7 Å². The molecule has 0 fully saturated rings. The molecule has 0 aliphatic heterocycles. The Hall–Kier alpha value is -1.27. The molecule has 17 heavy (non-hydrogen) atoms. The van der Waals surface area contributed by atoms with Crippen molar-refractivity contribution < 1.29 is 13.2 Å². The minimum absolute atomic E-state index is 0.106. The van der Waals surface area contributed by atoms with Crippen molar-refractivity contribution in [3.8, 4) is 0 Å². The van der Waals surface area contributed by atoms with Crippen molar-refractivity contribution in [2.24, 2.45) is 0 Å².